The van der Waals surface area contributed by atoms with Crippen molar-refractivity contribution in [2.24, 2.45) is 0 Å². The van der Waals surface area contributed by atoms with E-state index < -0.39 is 33.1 Å². The van der Waals surface area contributed by atoms with Gasteiger partial charge in [-0.15, -0.1) is 0 Å². The van der Waals surface area contributed by atoms with Gasteiger partial charge in [0.15, 0.2) is 0 Å². The highest BCUT2D eigenvalue weighted by molar-refractivity contribution is 7.89. The van der Waals surface area contributed by atoms with Crippen molar-refractivity contribution < 1.29 is 32.3 Å². The zero-order valence-electron chi connectivity index (χ0n) is 11.2. The molecule has 1 rings (SSSR count). The first kappa shape index (κ1) is 16.2. The maximum absolute atomic E-state index is 12.0. The van der Waals surface area contributed by atoms with Crippen LogP contribution in [0.1, 0.15) is 29.5 Å². The van der Waals surface area contributed by atoms with Crippen molar-refractivity contribution in [2.45, 2.75) is 31.4 Å². The van der Waals surface area contributed by atoms with E-state index in [1.165, 1.54) is 13.8 Å². The first-order valence-corrected chi connectivity index (χ1v) is 7.15. The lowest BCUT2D eigenvalue weighted by molar-refractivity contribution is -0.139. The van der Waals surface area contributed by atoms with Crippen molar-refractivity contribution in [3.8, 4) is 0 Å². The maximum atomic E-state index is 12.0. The maximum Gasteiger partial charge on any atom is 0.341 e. The molecule has 0 bridgehead atoms. The Morgan fingerprint density at radius 2 is 2.10 bits per heavy atom. The van der Waals surface area contributed by atoms with E-state index in [0.717, 1.165) is 13.2 Å². The minimum Gasteiger partial charge on any atom is -0.480 e. The van der Waals surface area contributed by atoms with Crippen LogP contribution in [0.2, 0.25) is 0 Å². The summed E-state index contributed by atoms with van der Waals surface area (Å²) in [5, 5.41) is 8.31. The van der Waals surface area contributed by atoms with E-state index in [-0.39, 0.29) is 17.7 Å². The fourth-order valence-corrected chi connectivity index (χ4v) is 2.72. The molecule has 0 saturated carbocycles. The third kappa shape index (κ3) is 3.36. The van der Waals surface area contributed by atoms with Gasteiger partial charge in [0, 0.05) is 6.07 Å². The molecule has 1 aromatic heterocycles. The zero-order chi connectivity index (χ0) is 15.5. The predicted molar refractivity (Wildman–Crippen MR) is 66.8 cm³/mol. The monoisotopic (exact) mass is 305 g/mol. The van der Waals surface area contributed by atoms with Crippen LogP contribution in [-0.2, 0) is 19.6 Å². The molecule has 9 heteroatoms. The average Bonchev–Trinajstić information content (AvgIpc) is 2.77. The van der Waals surface area contributed by atoms with Gasteiger partial charge in [-0.3, -0.25) is 4.79 Å². The number of furan rings is 1. The molecule has 0 aliphatic rings. The molecule has 8 nitrogen and oxygen atoms in total. The third-order valence-corrected chi connectivity index (χ3v) is 3.89. The zero-order valence-corrected chi connectivity index (χ0v) is 12.0. The fourth-order valence-electron chi connectivity index (χ4n) is 1.45. The standard InChI is InChI=1S/C11H15NO7S/c1-4-8(10(13)14)12-20(16,17)9-5-7(6(2)19-9)11(15)18-3/h5,8,12H,4H2,1-3H3,(H,13,14)/t8-/m0/s1. The van der Waals surface area contributed by atoms with Gasteiger partial charge in [-0.25, -0.2) is 13.2 Å². The number of carbonyl (C=O) groups excluding carboxylic acids is 1. The molecule has 0 spiro atoms. The summed E-state index contributed by atoms with van der Waals surface area (Å²) in [6, 6.07) is -0.273. The second kappa shape index (κ2) is 6.06. The quantitative estimate of drug-likeness (QED) is 0.734. The van der Waals surface area contributed by atoms with Gasteiger partial charge in [0.2, 0.25) is 5.09 Å². The van der Waals surface area contributed by atoms with Crippen LogP contribution in [0, 0.1) is 6.92 Å². The fraction of sp³-hybridized carbons (Fsp3) is 0.455. The number of ether oxygens (including phenoxy) is 1. The van der Waals surface area contributed by atoms with Gasteiger partial charge in [0.05, 0.1) is 7.11 Å². The van der Waals surface area contributed by atoms with Crippen LogP contribution in [0.25, 0.3) is 0 Å². The van der Waals surface area contributed by atoms with E-state index in [1.807, 2.05) is 4.72 Å². The summed E-state index contributed by atoms with van der Waals surface area (Å²) in [5.41, 5.74) is -0.0313. The highest BCUT2D eigenvalue weighted by atomic mass is 32.2. The summed E-state index contributed by atoms with van der Waals surface area (Å²) in [5.74, 6) is -1.97. The van der Waals surface area contributed by atoms with Gasteiger partial charge in [0.25, 0.3) is 10.0 Å². The molecular formula is C11H15NO7S. The number of nitrogens with one attached hydrogen (secondary N) is 1. The Balaban J connectivity index is 3.11. The van der Waals surface area contributed by atoms with Crippen molar-refractivity contribution in [2.75, 3.05) is 7.11 Å². The molecule has 0 amide bonds. The lowest BCUT2D eigenvalue weighted by Gasteiger charge is -2.10. The van der Waals surface area contributed by atoms with Crippen LogP contribution in [0.15, 0.2) is 15.6 Å². The van der Waals surface area contributed by atoms with Crippen molar-refractivity contribution in [1.82, 2.24) is 4.72 Å². The second-order valence-electron chi connectivity index (χ2n) is 3.95. The van der Waals surface area contributed by atoms with Gasteiger partial charge in [-0.1, -0.05) is 6.92 Å². The first-order valence-electron chi connectivity index (χ1n) is 5.66. The van der Waals surface area contributed by atoms with Crippen molar-refractivity contribution in [1.29, 1.82) is 0 Å². The number of hydrogen-bond acceptors (Lipinski definition) is 6. The smallest absolute Gasteiger partial charge is 0.341 e. The minimum atomic E-state index is -4.17. The summed E-state index contributed by atoms with van der Waals surface area (Å²) < 4.78 is 35.4. The molecule has 1 aromatic rings. The number of hydrogen-bond donors (Lipinski definition) is 2. The molecule has 0 aliphatic heterocycles. The predicted octanol–water partition coefficient (Wildman–Crippen LogP) is 0.516. The number of aryl methyl sites for hydroxylation is 1. The van der Waals surface area contributed by atoms with Crippen LogP contribution in [-0.4, -0.2) is 38.6 Å². The summed E-state index contributed by atoms with van der Waals surface area (Å²) in [6.45, 7) is 2.92. The van der Waals surface area contributed by atoms with Crippen LogP contribution < -0.4 is 4.72 Å². The Morgan fingerprint density at radius 3 is 2.55 bits per heavy atom. The Bertz CT molecular complexity index is 617. The number of carboxylic acid groups (broad SMARTS) is 1. The number of sulfonamides is 1. The van der Waals surface area contributed by atoms with E-state index >= 15 is 0 Å². The van der Waals surface area contributed by atoms with Crippen LogP contribution in [0.5, 0.6) is 0 Å². The molecule has 1 heterocycles. The highest BCUT2D eigenvalue weighted by Crippen LogP contribution is 2.20. The third-order valence-electron chi connectivity index (χ3n) is 2.57. The largest absolute Gasteiger partial charge is 0.480 e. The normalized spacial score (nSPS) is 12.9. The topological polar surface area (TPSA) is 123 Å². The molecule has 0 fully saturated rings. The summed E-state index contributed by atoms with van der Waals surface area (Å²) in [6.07, 6.45) is 0.0676. The van der Waals surface area contributed by atoms with Crippen LogP contribution in [0.4, 0.5) is 0 Å². The van der Waals surface area contributed by atoms with Gasteiger partial charge in [0.1, 0.15) is 17.4 Å². The minimum absolute atomic E-state index is 0.0313. The molecule has 0 saturated heterocycles. The Hall–Kier alpha value is -1.87. The van der Waals surface area contributed by atoms with Gasteiger partial charge >= 0.3 is 11.9 Å². The first-order chi connectivity index (χ1) is 9.22. The SMILES string of the molecule is CC[C@H](NS(=O)(=O)c1cc(C(=O)OC)c(C)o1)C(=O)O. The lowest BCUT2D eigenvalue weighted by atomic mass is 10.2. The number of carbonyl (C=O) groups is 2. The lowest BCUT2D eigenvalue weighted by Crippen LogP contribution is -2.40. The van der Waals surface area contributed by atoms with Gasteiger partial charge < -0.3 is 14.3 Å². The van der Waals surface area contributed by atoms with Gasteiger partial charge in [-0.05, 0) is 13.3 Å². The van der Waals surface area contributed by atoms with Crippen molar-refractivity contribution >= 4 is 22.0 Å². The molecular weight excluding hydrogens is 290 g/mol. The summed E-state index contributed by atoms with van der Waals surface area (Å²) in [4.78, 5) is 22.2. The van der Waals surface area contributed by atoms with E-state index in [0.29, 0.717) is 0 Å². The van der Waals surface area contributed by atoms with Crippen molar-refractivity contribution in [3.63, 3.8) is 0 Å². The number of esters is 1. The molecule has 0 aliphatic carbocycles. The Morgan fingerprint density at radius 1 is 1.50 bits per heavy atom. The number of aliphatic carboxylic acids is 1. The number of rotatable bonds is 6. The Kier molecular flexibility index (Phi) is 4.90. The van der Waals surface area contributed by atoms with Crippen LogP contribution >= 0.6 is 0 Å². The molecule has 0 aromatic carbocycles. The van der Waals surface area contributed by atoms with Crippen molar-refractivity contribution in [3.05, 3.63) is 17.4 Å². The van der Waals surface area contributed by atoms with E-state index in [2.05, 4.69) is 4.74 Å². The molecule has 1 atom stereocenters. The van der Waals surface area contributed by atoms with E-state index in [9.17, 15) is 18.0 Å². The summed E-state index contributed by atoms with van der Waals surface area (Å²) in [7, 11) is -3.01. The highest BCUT2D eigenvalue weighted by Gasteiger charge is 2.28. The molecule has 0 radical (unpaired) electrons. The van der Waals surface area contributed by atoms with E-state index in [4.69, 9.17) is 9.52 Å². The molecule has 20 heavy (non-hydrogen) atoms. The Labute approximate surface area is 115 Å². The van der Waals surface area contributed by atoms with E-state index in [1.54, 1.807) is 0 Å². The van der Waals surface area contributed by atoms with Crippen LogP contribution in [0.3, 0.4) is 0 Å². The number of carboxylic acids is 1. The number of methoxy groups -OCH3 is 1. The molecule has 112 valence electrons. The summed E-state index contributed by atoms with van der Waals surface area (Å²) >= 11 is 0. The molecule has 2 N–H and O–H groups in total. The van der Waals surface area contributed by atoms with Gasteiger partial charge in [-0.2, -0.15) is 4.72 Å². The molecule has 0 unspecified atom stereocenters. The average molecular weight is 305 g/mol. The second-order valence-corrected chi connectivity index (χ2v) is 5.59.